The van der Waals surface area contributed by atoms with Crippen molar-refractivity contribution >= 4 is 36.0 Å². The maximum absolute atomic E-state index is 12.0. The molecule has 1 rings (SSSR count). The smallest absolute Gasteiger partial charge is 0.408 e. The third-order valence-electron chi connectivity index (χ3n) is 3.82. The van der Waals surface area contributed by atoms with Crippen molar-refractivity contribution in [2.24, 2.45) is 4.99 Å². The van der Waals surface area contributed by atoms with Gasteiger partial charge < -0.3 is 25.6 Å². The summed E-state index contributed by atoms with van der Waals surface area (Å²) < 4.78 is 5.34. The summed E-state index contributed by atoms with van der Waals surface area (Å²) in [5.74, 6) is 0.712. The number of guanidine groups is 1. The van der Waals surface area contributed by atoms with Crippen LogP contribution < -0.4 is 16.0 Å². The molecule has 0 atom stereocenters. The van der Waals surface area contributed by atoms with Gasteiger partial charge in [0.25, 0.3) is 0 Å². The summed E-state index contributed by atoms with van der Waals surface area (Å²) in [5, 5.41) is 9.44. The Hall–Kier alpha value is -1.55. The molecule has 0 bridgehead atoms. The molecule has 0 fully saturated rings. The fourth-order valence-electron chi connectivity index (χ4n) is 2.56. The second-order valence-electron chi connectivity index (χ2n) is 9.11. The van der Waals surface area contributed by atoms with E-state index in [9.17, 15) is 4.79 Å². The van der Waals surface area contributed by atoms with Gasteiger partial charge in [-0.15, -0.1) is 24.0 Å². The SMILES string of the molecule is CCNC(=NCc1ccc(CN(C)C)cc1)NCC(C)(C)NC(=O)OC(C)(C)C.I. The van der Waals surface area contributed by atoms with Gasteiger partial charge in [-0.1, -0.05) is 24.3 Å². The van der Waals surface area contributed by atoms with Crippen molar-refractivity contribution in [1.29, 1.82) is 0 Å². The van der Waals surface area contributed by atoms with E-state index in [1.807, 2.05) is 41.5 Å². The first kappa shape index (κ1) is 28.5. The molecule has 0 heterocycles. The minimum Gasteiger partial charge on any atom is -0.444 e. The van der Waals surface area contributed by atoms with Crippen LogP contribution in [0.25, 0.3) is 0 Å². The predicted octanol–water partition coefficient (Wildman–Crippen LogP) is 3.72. The van der Waals surface area contributed by atoms with Crippen molar-refractivity contribution in [2.75, 3.05) is 27.2 Å². The third kappa shape index (κ3) is 12.9. The predicted molar refractivity (Wildman–Crippen MR) is 136 cm³/mol. The molecule has 7 nitrogen and oxygen atoms in total. The van der Waals surface area contributed by atoms with E-state index in [1.165, 1.54) is 5.56 Å². The monoisotopic (exact) mass is 533 g/mol. The number of ether oxygens (including phenoxy) is 1. The second kappa shape index (κ2) is 13.0. The van der Waals surface area contributed by atoms with Crippen LogP contribution in [0, 0.1) is 0 Å². The molecule has 1 amide bonds. The molecular weight excluding hydrogens is 493 g/mol. The number of hydrogen-bond donors (Lipinski definition) is 3. The lowest BCUT2D eigenvalue weighted by atomic mass is 10.1. The number of aliphatic imine (C=N–C) groups is 1. The number of alkyl carbamates (subject to hydrolysis) is 1. The van der Waals surface area contributed by atoms with Gasteiger partial charge in [0.05, 0.1) is 12.1 Å². The minimum absolute atomic E-state index is 0. The number of amides is 1. The Morgan fingerprint density at radius 2 is 1.60 bits per heavy atom. The molecule has 1 aromatic rings. The minimum atomic E-state index is -0.522. The van der Waals surface area contributed by atoms with E-state index in [-0.39, 0.29) is 24.0 Å². The highest BCUT2D eigenvalue weighted by Gasteiger charge is 2.24. The van der Waals surface area contributed by atoms with Gasteiger partial charge in [0.2, 0.25) is 0 Å². The fourth-order valence-corrected chi connectivity index (χ4v) is 2.56. The second-order valence-corrected chi connectivity index (χ2v) is 9.11. The van der Waals surface area contributed by atoms with Gasteiger partial charge in [-0.05, 0) is 66.8 Å². The van der Waals surface area contributed by atoms with Gasteiger partial charge in [-0.2, -0.15) is 0 Å². The molecule has 0 spiro atoms. The number of carbonyl (C=O) groups is 1. The topological polar surface area (TPSA) is 78.0 Å². The Balaban J connectivity index is 0.00000841. The van der Waals surface area contributed by atoms with Gasteiger partial charge in [-0.25, -0.2) is 9.79 Å². The first-order chi connectivity index (χ1) is 13.4. The van der Waals surface area contributed by atoms with E-state index in [0.717, 1.165) is 18.7 Å². The molecule has 0 aliphatic carbocycles. The molecule has 8 heteroatoms. The average molecular weight is 533 g/mol. The maximum atomic E-state index is 12.0. The first-order valence-electron chi connectivity index (χ1n) is 10.2. The van der Waals surface area contributed by atoms with Crippen LogP contribution in [0.3, 0.4) is 0 Å². The number of halogens is 1. The third-order valence-corrected chi connectivity index (χ3v) is 3.82. The summed E-state index contributed by atoms with van der Waals surface area (Å²) >= 11 is 0. The van der Waals surface area contributed by atoms with Gasteiger partial charge in [0, 0.05) is 19.6 Å². The summed E-state index contributed by atoms with van der Waals surface area (Å²) in [7, 11) is 4.12. The van der Waals surface area contributed by atoms with Crippen LogP contribution in [-0.2, 0) is 17.8 Å². The first-order valence-corrected chi connectivity index (χ1v) is 10.2. The Morgan fingerprint density at radius 3 is 2.10 bits per heavy atom. The van der Waals surface area contributed by atoms with Crippen molar-refractivity contribution in [2.45, 2.75) is 65.8 Å². The van der Waals surface area contributed by atoms with E-state index in [4.69, 9.17) is 4.74 Å². The highest BCUT2D eigenvalue weighted by molar-refractivity contribution is 14.0. The zero-order valence-electron chi connectivity index (χ0n) is 19.8. The number of benzene rings is 1. The standard InChI is InChI=1S/C22H39N5O2.HI/c1-9-23-19(24-14-17-10-12-18(13-11-17)15-27(7)8)25-16-22(5,6)26-20(28)29-21(2,3)4;/h10-13H,9,14-16H2,1-8H3,(H,26,28)(H2,23,24,25);1H. The summed E-state index contributed by atoms with van der Waals surface area (Å²) in [6.07, 6.45) is -0.427. The van der Waals surface area contributed by atoms with E-state index >= 15 is 0 Å². The van der Waals surface area contributed by atoms with Crippen LogP contribution in [0.1, 0.15) is 52.7 Å². The number of nitrogens with one attached hydrogen (secondary N) is 3. The van der Waals surface area contributed by atoms with E-state index < -0.39 is 17.2 Å². The highest BCUT2D eigenvalue weighted by atomic mass is 127. The van der Waals surface area contributed by atoms with Crippen molar-refractivity contribution in [1.82, 2.24) is 20.9 Å². The zero-order chi connectivity index (χ0) is 22.1. The molecule has 30 heavy (non-hydrogen) atoms. The lowest BCUT2D eigenvalue weighted by Gasteiger charge is -2.29. The van der Waals surface area contributed by atoms with E-state index in [0.29, 0.717) is 19.0 Å². The Labute approximate surface area is 199 Å². The van der Waals surface area contributed by atoms with Crippen molar-refractivity contribution in [3.63, 3.8) is 0 Å². The van der Waals surface area contributed by atoms with Gasteiger partial charge in [0.1, 0.15) is 5.60 Å². The normalized spacial score (nSPS) is 12.2. The molecule has 0 saturated heterocycles. The number of nitrogens with zero attached hydrogens (tertiary/aromatic N) is 2. The lowest BCUT2D eigenvalue weighted by molar-refractivity contribution is 0.0474. The Kier molecular flexibility index (Phi) is 12.3. The summed E-state index contributed by atoms with van der Waals surface area (Å²) in [6, 6.07) is 8.50. The molecule has 0 aliphatic heterocycles. The molecule has 0 aromatic heterocycles. The lowest BCUT2D eigenvalue weighted by Crippen LogP contribution is -2.54. The van der Waals surface area contributed by atoms with Crippen LogP contribution in [0.15, 0.2) is 29.3 Å². The quantitative estimate of drug-likeness (QED) is 0.270. The van der Waals surface area contributed by atoms with Gasteiger partial charge >= 0.3 is 6.09 Å². The van der Waals surface area contributed by atoms with Crippen LogP contribution in [-0.4, -0.2) is 55.3 Å². The molecule has 3 N–H and O–H groups in total. The number of rotatable bonds is 8. The molecule has 0 aliphatic rings. The molecular formula is C22H40IN5O2. The van der Waals surface area contributed by atoms with Crippen molar-refractivity contribution in [3.8, 4) is 0 Å². The van der Waals surface area contributed by atoms with Crippen LogP contribution in [0.5, 0.6) is 0 Å². The van der Waals surface area contributed by atoms with E-state index in [1.54, 1.807) is 0 Å². The van der Waals surface area contributed by atoms with Crippen LogP contribution in [0.2, 0.25) is 0 Å². The van der Waals surface area contributed by atoms with Gasteiger partial charge in [-0.3, -0.25) is 0 Å². The highest BCUT2D eigenvalue weighted by Crippen LogP contribution is 2.09. The zero-order valence-corrected chi connectivity index (χ0v) is 22.1. The molecule has 1 aromatic carbocycles. The van der Waals surface area contributed by atoms with E-state index in [2.05, 4.69) is 64.2 Å². The molecule has 172 valence electrons. The van der Waals surface area contributed by atoms with Crippen LogP contribution >= 0.6 is 24.0 Å². The summed E-state index contributed by atoms with van der Waals surface area (Å²) in [4.78, 5) is 18.8. The molecule has 0 saturated carbocycles. The molecule has 0 unspecified atom stereocenters. The number of hydrogen-bond acceptors (Lipinski definition) is 4. The maximum Gasteiger partial charge on any atom is 0.408 e. The van der Waals surface area contributed by atoms with Crippen LogP contribution in [0.4, 0.5) is 4.79 Å². The number of carbonyl (C=O) groups excluding carboxylic acids is 1. The van der Waals surface area contributed by atoms with Gasteiger partial charge in [0.15, 0.2) is 5.96 Å². The Morgan fingerprint density at radius 1 is 1.03 bits per heavy atom. The Bertz CT molecular complexity index is 667. The molecule has 0 radical (unpaired) electrons. The fraction of sp³-hybridized carbons (Fsp3) is 0.636. The summed E-state index contributed by atoms with van der Waals surface area (Å²) in [6.45, 7) is 14.2. The van der Waals surface area contributed by atoms with Crippen molar-refractivity contribution in [3.05, 3.63) is 35.4 Å². The van der Waals surface area contributed by atoms with Crippen molar-refractivity contribution < 1.29 is 9.53 Å². The largest absolute Gasteiger partial charge is 0.444 e. The average Bonchev–Trinajstić information content (AvgIpc) is 2.56. The summed E-state index contributed by atoms with van der Waals surface area (Å²) in [5.41, 5.74) is 1.41.